The number of carbonyl (C=O) groups is 4. The fourth-order valence-electron chi connectivity index (χ4n) is 10.8. The second kappa shape index (κ2) is 61.6. The summed E-state index contributed by atoms with van der Waals surface area (Å²) in [6.45, 7) is 14.1. The van der Waals surface area contributed by atoms with Crippen molar-refractivity contribution in [3.05, 3.63) is 0 Å². The fourth-order valence-corrected chi connectivity index (χ4v) is 12.4. The normalized spacial score (nSPS) is 14.5. The van der Waals surface area contributed by atoms with Gasteiger partial charge in [-0.2, -0.15) is 0 Å². The number of aliphatic hydroxyl groups is 1. The van der Waals surface area contributed by atoms with E-state index >= 15 is 0 Å². The number of hydrogen-bond acceptors (Lipinski definition) is 15. The molecule has 0 aromatic rings. The summed E-state index contributed by atoms with van der Waals surface area (Å²) in [7, 11) is -9.91. The average molecular weight is 1340 g/mol. The first-order valence-corrected chi connectivity index (χ1v) is 40.2. The Hall–Kier alpha value is -1.94. The zero-order chi connectivity index (χ0) is 67.5. The molecule has 0 bridgehead atoms. The molecule has 19 heteroatoms. The van der Waals surface area contributed by atoms with Gasteiger partial charge in [-0.05, 0) is 49.4 Å². The van der Waals surface area contributed by atoms with Crippen molar-refractivity contribution in [2.45, 2.75) is 375 Å². The molecule has 0 spiro atoms. The molecule has 0 radical (unpaired) electrons. The van der Waals surface area contributed by atoms with Crippen molar-refractivity contribution in [2.24, 2.45) is 23.7 Å². The van der Waals surface area contributed by atoms with Crippen LogP contribution < -0.4 is 0 Å². The number of ether oxygens (including phenoxy) is 4. The van der Waals surface area contributed by atoms with Crippen LogP contribution in [0.15, 0.2) is 0 Å². The van der Waals surface area contributed by atoms with Gasteiger partial charge in [-0.25, -0.2) is 9.13 Å². The highest BCUT2D eigenvalue weighted by molar-refractivity contribution is 7.47. The van der Waals surface area contributed by atoms with Crippen molar-refractivity contribution >= 4 is 39.5 Å². The SMILES string of the molecule is CCC(C)CCCCCCCCCCCCC(=O)OC[C@H](COP(=O)(O)OC[C@@H](O)COP(=O)(O)OC[C@@H](COC(=O)CCCCCCCCC(C)C)OC(=O)CCCCCCCCCCCCCCC(C)C)OC(=O)CCCCCCCCCCCCC(C)C. The van der Waals surface area contributed by atoms with Gasteiger partial charge < -0.3 is 33.8 Å². The number of unbranched alkanes of at least 4 members (excludes halogenated alkanes) is 34. The van der Waals surface area contributed by atoms with Gasteiger partial charge in [0, 0.05) is 25.7 Å². The van der Waals surface area contributed by atoms with Crippen LogP contribution in [0, 0.1) is 23.7 Å². The largest absolute Gasteiger partial charge is 0.472 e. The van der Waals surface area contributed by atoms with Crippen LogP contribution >= 0.6 is 15.6 Å². The molecule has 0 aliphatic carbocycles. The van der Waals surface area contributed by atoms with Crippen LogP contribution in [0.5, 0.6) is 0 Å². The molecule has 0 amide bonds. The number of rotatable bonds is 69. The summed E-state index contributed by atoms with van der Waals surface area (Å²) in [6, 6.07) is 0. The van der Waals surface area contributed by atoms with E-state index in [1.165, 1.54) is 154 Å². The summed E-state index contributed by atoms with van der Waals surface area (Å²) in [5.74, 6) is 0.890. The first kappa shape index (κ1) is 89.1. The van der Waals surface area contributed by atoms with Gasteiger partial charge in [0.25, 0.3) is 0 Å². The molecular formula is C72H140O17P2. The molecule has 0 aromatic carbocycles. The van der Waals surface area contributed by atoms with E-state index in [2.05, 4.69) is 55.4 Å². The molecule has 0 fully saturated rings. The Bertz CT molecular complexity index is 1800. The molecule has 0 aromatic heterocycles. The molecule has 0 heterocycles. The Morgan fingerprint density at radius 3 is 0.780 bits per heavy atom. The van der Waals surface area contributed by atoms with Crippen molar-refractivity contribution in [2.75, 3.05) is 39.6 Å². The molecule has 6 atom stereocenters. The highest BCUT2D eigenvalue weighted by Gasteiger charge is 2.30. The minimum Gasteiger partial charge on any atom is -0.462 e. The van der Waals surface area contributed by atoms with Crippen LogP contribution in [-0.4, -0.2) is 96.7 Å². The predicted molar refractivity (Wildman–Crippen MR) is 367 cm³/mol. The van der Waals surface area contributed by atoms with Crippen molar-refractivity contribution < 1.29 is 80.2 Å². The topological polar surface area (TPSA) is 237 Å². The van der Waals surface area contributed by atoms with E-state index in [0.717, 1.165) is 114 Å². The lowest BCUT2D eigenvalue weighted by molar-refractivity contribution is -0.161. The summed E-state index contributed by atoms with van der Waals surface area (Å²) < 4.78 is 68.4. The van der Waals surface area contributed by atoms with Gasteiger partial charge in [0.2, 0.25) is 0 Å². The molecule has 540 valence electrons. The van der Waals surface area contributed by atoms with Gasteiger partial charge in [0.1, 0.15) is 19.3 Å². The van der Waals surface area contributed by atoms with Crippen molar-refractivity contribution in [1.29, 1.82) is 0 Å². The van der Waals surface area contributed by atoms with Crippen LogP contribution in [0.4, 0.5) is 0 Å². The lowest BCUT2D eigenvalue weighted by Crippen LogP contribution is -2.30. The van der Waals surface area contributed by atoms with E-state index in [1.54, 1.807) is 0 Å². The van der Waals surface area contributed by atoms with Crippen LogP contribution in [-0.2, 0) is 65.4 Å². The maximum atomic E-state index is 13.0. The number of carbonyl (C=O) groups excluding carboxylic acids is 4. The third kappa shape index (κ3) is 65.1. The van der Waals surface area contributed by atoms with Crippen molar-refractivity contribution in [3.8, 4) is 0 Å². The monoisotopic (exact) mass is 1340 g/mol. The van der Waals surface area contributed by atoms with Gasteiger partial charge in [-0.15, -0.1) is 0 Å². The predicted octanol–water partition coefficient (Wildman–Crippen LogP) is 20.5. The zero-order valence-corrected chi connectivity index (χ0v) is 61.3. The molecule has 0 rings (SSSR count). The van der Waals surface area contributed by atoms with Gasteiger partial charge in [0.15, 0.2) is 12.2 Å². The first-order valence-electron chi connectivity index (χ1n) is 37.2. The molecule has 0 saturated heterocycles. The maximum Gasteiger partial charge on any atom is 0.472 e. The van der Waals surface area contributed by atoms with Crippen LogP contribution in [0.2, 0.25) is 0 Å². The van der Waals surface area contributed by atoms with E-state index in [1.807, 2.05) is 0 Å². The second-order valence-electron chi connectivity index (χ2n) is 27.6. The molecule has 17 nitrogen and oxygen atoms in total. The Labute approximate surface area is 556 Å². The third-order valence-corrected chi connectivity index (χ3v) is 18.8. The van der Waals surface area contributed by atoms with Crippen LogP contribution in [0.1, 0.15) is 357 Å². The summed E-state index contributed by atoms with van der Waals surface area (Å²) in [5, 5.41) is 10.6. The average Bonchev–Trinajstić information content (AvgIpc) is 3.48. The second-order valence-corrected chi connectivity index (χ2v) is 30.6. The van der Waals surface area contributed by atoms with Crippen molar-refractivity contribution in [1.82, 2.24) is 0 Å². The number of esters is 4. The third-order valence-electron chi connectivity index (χ3n) is 16.9. The quantitative estimate of drug-likeness (QED) is 0.0222. The van der Waals surface area contributed by atoms with E-state index in [-0.39, 0.29) is 25.7 Å². The number of hydrogen-bond donors (Lipinski definition) is 3. The lowest BCUT2D eigenvalue weighted by Gasteiger charge is -2.21. The van der Waals surface area contributed by atoms with Gasteiger partial charge in [-0.3, -0.25) is 37.3 Å². The highest BCUT2D eigenvalue weighted by atomic mass is 31.2. The number of phosphoric ester groups is 2. The van der Waals surface area contributed by atoms with Crippen LogP contribution in [0.25, 0.3) is 0 Å². The smallest absolute Gasteiger partial charge is 0.462 e. The Morgan fingerprint density at radius 1 is 0.308 bits per heavy atom. The van der Waals surface area contributed by atoms with E-state index in [4.69, 9.17) is 37.0 Å². The molecular weight excluding hydrogens is 1200 g/mol. The molecule has 0 aliphatic heterocycles. The molecule has 0 aliphatic rings. The Balaban J connectivity index is 5.25. The van der Waals surface area contributed by atoms with Crippen LogP contribution in [0.3, 0.4) is 0 Å². The number of phosphoric acid groups is 2. The minimum atomic E-state index is -4.95. The van der Waals surface area contributed by atoms with Gasteiger partial charge in [0.05, 0.1) is 26.4 Å². The maximum absolute atomic E-state index is 13.0. The molecule has 3 N–H and O–H groups in total. The number of aliphatic hydroxyl groups excluding tert-OH is 1. The molecule has 91 heavy (non-hydrogen) atoms. The van der Waals surface area contributed by atoms with E-state index in [0.29, 0.717) is 31.6 Å². The van der Waals surface area contributed by atoms with Crippen molar-refractivity contribution in [3.63, 3.8) is 0 Å². The minimum absolute atomic E-state index is 0.105. The summed E-state index contributed by atoms with van der Waals surface area (Å²) in [6.07, 6.45) is 44.5. The zero-order valence-electron chi connectivity index (χ0n) is 59.5. The fraction of sp³-hybridized carbons (Fsp3) is 0.944. The van der Waals surface area contributed by atoms with Gasteiger partial charge >= 0.3 is 39.5 Å². The highest BCUT2D eigenvalue weighted by Crippen LogP contribution is 2.45. The lowest BCUT2D eigenvalue weighted by atomic mass is 9.99. The summed E-state index contributed by atoms with van der Waals surface area (Å²) >= 11 is 0. The van der Waals surface area contributed by atoms with E-state index in [9.17, 15) is 43.2 Å². The van der Waals surface area contributed by atoms with Gasteiger partial charge in [-0.1, -0.05) is 306 Å². The Morgan fingerprint density at radius 2 is 0.527 bits per heavy atom. The standard InChI is InChI=1S/C72H140O17P2/c1-9-65(8)51-43-35-26-20-15-17-21-27-36-44-52-69(74)82-58-67(88-72(77)55-47-39-29-23-16-14-19-25-33-41-49-63(4)5)60-86-90(78,79)84-56-66(73)57-85-91(80,81)87-61-68(59-83-70(75)53-45-37-31-30-34-42-50-64(6)7)89-71(76)54-46-38-28-22-13-11-10-12-18-24-32-40-48-62(2)3/h62-68,73H,9-61H2,1-8H3,(H,78,79)(H,80,81)/t65?,66-,67-,68-/m1/s1. The molecule has 3 unspecified atom stereocenters. The van der Waals surface area contributed by atoms with E-state index < -0.39 is 97.5 Å². The summed E-state index contributed by atoms with van der Waals surface area (Å²) in [5.41, 5.74) is 0. The first-order chi connectivity index (χ1) is 43.6. The molecule has 0 saturated carbocycles. The summed E-state index contributed by atoms with van der Waals surface area (Å²) in [4.78, 5) is 72.6. The Kier molecular flexibility index (Phi) is 60.3.